The third kappa shape index (κ3) is 7.08. The van der Waals surface area contributed by atoms with Gasteiger partial charge in [-0.2, -0.15) is 0 Å². The van der Waals surface area contributed by atoms with Gasteiger partial charge in [0.1, 0.15) is 0 Å². The molecule has 0 saturated heterocycles. The average molecular weight is 550 g/mol. The normalized spacial score (nSPS) is 14.7. The first-order chi connectivity index (χ1) is 20.0. The van der Waals surface area contributed by atoms with Crippen LogP contribution in [-0.4, -0.2) is 45.2 Å². The van der Waals surface area contributed by atoms with Crippen LogP contribution in [0.5, 0.6) is 11.5 Å². The summed E-state index contributed by atoms with van der Waals surface area (Å²) in [6.07, 6.45) is 1.66. The number of nitrogens with one attached hydrogen (secondary N) is 1. The van der Waals surface area contributed by atoms with Crippen LogP contribution in [0.1, 0.15) is 33.9 Å². The van der Waals surface area contributed by atoms with Gasteiger partial charge in [-0.3, -0.25) is 9.69 Å². The molecule has 0 radical (unpaired) electrons. The number of ether oxygens (including phenoxy) is 2. The maximum absolute atomic E-state index is 13.1. The van der Waals surface area contributed by atoms with Crippen molar-refractivity contribution in [3.8, 4) is 11.5 Å². The number of benzene rings is 4. The van der Waals surface area contributed by atoms with Gasteiger partial charge >= 0.3 is 0 Å². The van der Waals surface area contributed by atoms with Crippen LogP contribution in [0, 0.1) is 0 Å². The molecule has 1 heterocycles. The van der Waals surface area contributed by atoms with Gasteiger partial charge in [-0.05, 0) is 64.9 Å². The molecule has 1 N–H and O–H groups in total. The Kier molecular flexibility index (Phi) is 9.22. The lowest BCUT2D eigenvalue weighted by Gasteiger charge is -2.38. The zero-order chi connectivity index (χ0) is 28.6. The molecule has 1 amide bonds. The van der Waals surface area contributed by atoms with Crippen molar-refractivity contribution in [2.24, 2.45) is 0 Å². The van der Waals surface area contributed by atoms with Crippen LogP contribution in [0.3, 0.4) is 0 Å². The number of hydrogen-bond donors (Lipinski definition) is 1. The molecule has 5 rings (SSSR count). The molecule has 0 saturated carbocycles. The van der Waals surface area contributed by atoms with E-state index >= 15 is 0 Å². The second kappa shape index (κ2) is 13.4. The van der Waals surface area contributed by atoms with Crippen LogP contribution in [0.25, 0.3) is 0 Å². The number of anilines is 1. The van der Waals surface area contributed by atoms with E-state index in [1.807, 2.05) is 42.5 Å². The molecule has 212 valence electrons. The minimum atomic E-state index is 0.0360. The predicted molar refractivity (Wildman–Crippen MR) is 165 cm³/mol. The second-order valence-electron chi connectivity index (χ2n) is 10.6. The number of carbonyl (C=O) groups excluding carboxylic acids is 1. The topological polar surface area (TPSA) is 54.0 Å². The third-order valence-electron chi connectivity index (χ3n) is 7.85. The fourth-order valence-corrected chi connectivity index (χ4v) is 5.63. The number of hydrogen-bond acceptors (Lipinski definition) is 5. The van der Waals surface area contributed by atoms with Crippen LogP contribution in [0.15, 0.2) is 97.1 Å². The summed E-state index contributed by atoms with van der Waals surface area (Å²) in [5.41, 5.74) is 7.34. The maximum atomic E-state index is 13.1. The molecule has 0 spiro atoms. The lowest BCUT2D eigenvalue weighted by atomic mass is 9.88. The summed E-state index contributed by atoms with van der Waals surface area (Å²) in [7, 11) is 5.45. The van der Waals surface area contributed by atoms with E-state index in [1.165, 1.54) is 22.4 Å². The van der Waals surface area contributed by atoms with Crippen molar-refractivity contribution >= 4 is 11.6 Å². The van der Waals surface area contributed by atoms with Gasteiger partial charge in [0.15, 0.2) is 11.5 Å². The lowest BCUT2D eigenvalue weighted by molar-refractivity contribution is -0.123. The van der Waals surface area contributed by atoms with Gasteiger partial charge in [0.05, 0.1) is 20.8 Å². The molecule has 4 aromatic rings. The fraction of sp³-hybridized carbons (Fsp3) is 0.286. The Balaban J connectivity index is 1.37. The number of nitrogens with zero attached hydrogens (tertiary/aromatic N) is 2. The molecule has 6 nitrogen and oxygen atoms in total. The summed E-state index contributed by atoms with van der Waals surface area (Å²) in [5.74, 6) is 1.46. The first-order valence-electron chi connectivity index (χ1n) is 14.2. The minimum Gasteiger partial charge on any atom is -0.493 e. The first-order valence-corrected chi connectivity index (χ1v) is 14.2. The number of carbonyl (C=O) groups is 1. The van der Waals surface area contributed by atoms with Crippen molar-refractivity contribution in [2.75, 3.05) is 39.3 Å². The fourth-order valence-electron chi connectivity index (χ4n) is 5.63. The summed E-state index contributed by atoms with van der Waals surface area (Å²) in [6, 6.07) is 33.5. The molecule has 1 aliphatic rings. The Hall–Kier alpha value is -4.29. The SMILES string of the molecule is COc1ccc(CC2c3ccc(N(C)Cc4ccccc4)cc3CCN2CC(=O)NCc2ccccc2)cc1OC. The van der Waals surface area contributed by atoms with Crippen molar-refractivity contribution in [3.05, 3.63) is 125 Å². The number of rotatable bonds is 11. The monoisotopic (exact) mass is 549 g/mol. The van der Waals surface area contributed by atoms with Gasteiger partial charge in [0, 0.05) is 38.4 Å². The van der Waals surface area contributed by atoms with Crippen LogP contribution < -0.4 is 19.7 Å². The van der Waals surface area contributed by atoms with Crippen LogP contribution in [0.2, 0.25) is 0 Å². The molecule has 1 unspecified atom stereocenters. The van der Waals surface area contributed by atoms with E-state index < -0.39 is 0 Å². The van der Waals surface area contributed by atoms with Crippen LogP contribution >= 0.6 is 0 Å². The zero-order valence-corrected chi connectivity index (χ0v) is 24.2. The van der Waals surface area contributed by atoms with E-state index in [0.717, 1.165) is 37.1 Å². The quantitative estimate of drug-likeness (QED) is 0.256. The molecule has 4 aromatic carbocycles. The Bertz CT molecular complexity index is 1440. The molecule has 0 fully saturated rings. The van der Waals surface area contributed by atoms with Gasteiger partial charge in [-0.1, -0.05) is 72.8 Å². The van der Waals surface area contributed by atoms with Crippen molar-refractivity contribution in [2.45, 2.75) is 32.0 Å². The van der Waals surface area contributed by atoms with E-state index in [0.29, 0.717) is 24.6 Å². The van der Waals surface area contributed by atoms with E-state index in [1.54, 1.807) is 14.2 Å². The molecule has 0 bridgehead atoms. The molecule has 1 aliphatic heterocycles. The van der Waals surface area contributed by atoms with Crippen molar-refractivity contribution in [1.82, 2.24) is 10.2 Å². The molecule has 0 aromatic heterocycles. The van der Waals surface area contributed by atoms with Gasteiger partial charge < -0.3 is 19.7 Å². The number of fused-ring (bicyclic) bond motifs is 1. The summed E-state index contributed by atoms with van der Waals surface area (Å²) < 4.78 is 11.0. The van der Waals surface area contributed by atoms with Crippen molar-refractivity contribution in [1.29, 1.82) is 0 Å². The standard InChI is InChI=1S/C35H39N3O3/c1-37(24-27-12-8-5-9-13-27)30-15-16-31-29(22-30)18-19-38(25-35(39)36-23-26-10-6-4-7-11-26)32(31)20-28-14-17-33(40-2)34(21-28)41-3/h4-17,21-22,32H,18-20,23-25H2,1-3H3,(H,36,39). The lowest BCUT2D eigenvalue weighted by Crippen LogP contribution is -2.43. The molecular formula is C35H39N3O3. The highest BCUT2D eigenvalue weighted by molar-refractivity contribution is 5.78. The summed E-state index contributed by atoms with van der Waals surface area (Å²) >= 11 is 0. The highest BCUT2D eigenvalue weighted by atomic mass is 16.5. The molecule has 41 heavy (non-hydrogen) atoms. The largest absolute Gasteiger partial charge is 0.493 e. The number of amides is 1. The van der Waals surface area contributed by atoms with E-state index in [-0.39, 0.29) is 11.9 Å². The van der Waals surface area contributed by atoms with Crippen molar-refractivity contribution in [3.63, 3.8) is 0 Å². The van der Waals surface area contributed by atoms with E-state index in [4.69, 9.17) is 9.47 Å². The predicted octanol–water partition coefficient (Wildman–Crippen LogP) is 5.80. The van der Waals surface area contributed by atoms with Gasteiger partial charge in [-0.15, -0.1) is 0 Å². The minimum absolute atomic E-state index is 0.0360. The second-order valence-corrected chi connectivity index (χ2v) is 10.6. The molecule has 0 aliphatic carbocycles. The smallest absolute Gasteiger partial charge is 0.234 e. The van der Waals surface area contributed by atoms with Gasteiger partial charge in [-0.25, -0.2) is 0 Å². The molecule has 6 heteroatoms. The Morgan fingerprint density at radius 2 is 1.56 bits per heavy atom. The maximum Gasteiger partial charge on any atom is 0.234 e. The highest BCUT2D eigenvalue weighted by Gasteiger charge is 2.29. The van der Waals surface area contributed by atoms with E-state index in [2.05, 4.69) is 76.8 Å². The summed E-state index contributed by atoms with van der Waals surface area (Å²) in [5, 5.41) is 3.11. The Labute approximate surface area is 243 Å². The van der Waals surface area contributed by atoms with Crippen LogP contribution in [-0.2, 0) is 30.7 Å². The summed E-state index contributed by atoms with van der Waals surface area (Å²) in [6.45, 7) is 2.54. The van der Waals surface area contributed by atoms with Gasteiger partial charge in [0.25, 0.3) is 0 Å². The van der Waals surface area contributed by atoms with Crippen LogP contribution in [0.4, 0.5) is 5.69 Å². The summed E-state index contributed by atoms with van der Waals surface area (Å²) in [4.78, 5) is 17.7. The number of methoxy groups -OCH3 is 2. The zero-order valence-electron chi connectivity index (χ0n) is 24.2. The molecular weight excluding hydrogens is 510 g/mol. The highest BCUT2D eigenvalue weighted by Crippen LogP contribution is 2.36. The van der Waals surface area contributed by atoms with Crippen molar-refractivity contribution < 1.29 is 14.3 Å². The Morgan fingerprint density at radius 1 is 0.854 bits per heavy atom. The average Bonchev–Trinajstić information content (AvgIpc) is 3.01. The third-order valence-corrected chi connectivity index (χ3v) is 7.85. The Morgan fingerprint density at radius 3 is 2.27 bits per heavy atom. The van der Waals surface area contributed by atoms with E-state index in [9.17, 15) is 4.79 Å². The van der Waals surface area contributed by atoms with Gasteiger partial charge in [0.2, 0.25) is 5.91 Å². The molecule has 1 atom stereocenters. The first kappa shape index (κ1) is 28.2.